The van der Waals surface area contributed by atoms with E-state index >= 15 is 0 Å². The fourth-order valence-corrected chi connectivity index (χ4v) is 1.46. The lowest BCUT2D eigenvalue weighted by molar-refractivity contribution is 0.0318. The fourth-order valence-electron chi connectivity index (χ4n) is 1.34. The average molecular weight is 276 g/mol. The third-order valence-corrected chi connectivity index (χ3v) is 2.53. The normalized spacial score (nSPS) is 12.8. The molecule has 0 spiro atoms. The Morgan fingerprint density at radius 3 is 2.72 bits per heavy atom. The van der Waals surface area contributed by atoms with Crippen molar-refractivity contribution in [1.29, 1.82) is 0 Å². The van der Waals surface area contributed by atoms with E-state index in [1.54, 1.807) is 6.07 Å². The van der Waals surface area contributed by atoms with Crippen molar-refractivity contribution in [2.24, 2.45) is 5.92 Å². The summed E-state index contributed by atoms with van der Waals surface area (Å²) in [6, 6.07) is 4.43. The van der Waals surface area contributed by atoms with Gasteiger partial charge in [0.25, 0.3) is 0 Å². The second-order valence-corrected chi connectivity index (χ2v) is 5.00. The summed E-state index contributed by atoms with van der Waals surface area (Å²) in [7, 11) is 0. The Labute approximate surface area is 112 Å². The van der Waals surface area contributed by atoms with Crippen LogP contribution in [0.3, 0.4) is 0 Å². The van der Waals surface area contributed by atoms with Crippen LogP contribution < -0.4 is 5.32 Å². The zero-order chi connectivity index (χ0) is 13.5. The van der Waals surface area contributed by atoms with Gasteiger partial charge in [-0.25, -0.2) is 4.39 Å². The molecular weight excluding hydrogens is 257 g/mol. The zero-order valence-electron chi connectivity index (χ0n) is 10.6. The minimum atomic E-state index is -0.623. The van der Waals surface area contributed by atoms with Gasteiger partial charge in [0, 0.05) is 18.8 Å². The minimum Gasteiger partial charge on any atom is -0.389 e. The SMILES string of the molecule is CC(C)COCC(O)CNc1ccc(Cl)c(F)c1. The van der Waals surface area contributed by atoms with E-state index in [2.05, 4.69) is 5.32 Å². The molecular formula is C13H19ClFNO2. The molecule has 0 aromatic heterocycles. The minimum absolute atomic E-state index is 0.0846. The predicted octanol–water partition coefficient (Wildman–Crippen LogP) is 2.92. The monoisotopic (exact) mass is 275 g/mol. The van der Waals surface area contributed by atoms with Crippen molar-refractivity contribution < 1.29 is 14.2 Å². The standard InChI is InChI=1S/C13H19ClFNO2/c1-9(2)7-18-8-11(17)6-16-10-3-4-12(14)13(15)5-10/h3-5,9,11,16-17H,6-8H2,1-2H3. The molecule has 1 atom stereocenters. The second-order valence-electron chi connectivity index (χ2n) is 4.59. The quantitative estimate of drug-likeness (QED) is 0.804. The van der Waals surface area contributed by atoms with Gasteiger partial charge in [0.1, 0.15) is 5.82 Å². The number of rotatable bonds is 7. The molecule has 0 radical (unpaired) electrons. The number of nitrogens with one attached hydrogen (secondary N) is 1. The van der Waals surface area contributed by atoms with Crippen LogP contribution in [0.15, 0.2) is 18.2 Å². The summed E-state index contributed by atoms with van der Waals surface area (Å²) in [5.41, 5.74) is 0.583. The molecule has 0 aliphatic heterocycles. The van der Waals surface area contributed by atoms with E-state index in [9.17, 15) is 9.50 Å². The summed E-state index contributed by atoms with van der Waals surface area (Å²) < 4.78 is 18.4. The summed E-state index contributed by atoms with van der Waals surface area (Å²) in [5.74, 6) is -0.0391. The number of halogens is 2. The van der Waals surface area contributed by atoms with Crippen LogP contribution in [0, 0.1) is 11.7 Å². The van der Waals surface area contributed by atoms with Crippen LogP contribution >= 0.6 is 11.6 Å². The Kier molecular flexibility index (Phi) is 6.39. The highest BCUT2D eigenvalue weighted by Gasteiger charge is 2.06. The van der Waals surface area contributed by atoms with Crippen molar-refractivity contribution in [1.82, 2.24) is 0 Å². The molecule has 0 heterocycles. The van der Waals surface area contributed by atoms with Crippen LogP contribution in [0.1, 0.15) is 13.8 Å². The molecule has 0 amide bonds. The first kappa shape index (κ1) is 15.2. The van der Waals surface area contributed by atoms with E-state index in [4.69, 9.17) is 16.3 Å². The van der Waals surface area contributed by atoms with E-state index in [-0.39, 0.29) is 11.6 Å². The number of aliphatic hydroxyl groups is 1. The maximum Gasteiger partial charge on any atom is 0.143 e. The topological polar surface area (TPSA) is 41.5 Å². The molecule has 2 N–H and O–H groups in total. The zero-order valence-corrected chi connectivity index (χ0v) is 11.4. The van der Waals surface area contributed by atoms with Gasteiger partial charge in [0.2, 0.25) is 0 Å². The number of hydrogen-bond donors (Lipinski definition) is 2. The molecule has 102 valence electrons. The summed E-state index contributed by atoms with van der Waals surface area (Å²) >= 11 is 5.57. The molecule has 0 aliphatic rings. The van der Waals surface area contributed by atoms with E-state index < -0.39 is 11.9 Å². The van der Waals surface area contributed by atoms with Crippen LogP contribution in [0.25, 0.3) is 0 Å². The molecule has 1 aromatic rings. The van der Waals surface area contributed by atoms with E-state index in [0.717, 1.165) is 0 Å². The predicted molar refractivity (Wildman–Crippen MR) is 71.6 cm³/mol. The van der Waals surface area contributed by atoms with Crippen LogP contribution in [-0.4, -0.2) is 31.0 Å². The molecule has 5 heteroatoms. The molecule has 0 fully saturated rings. The van der Waals surface area contributed by atoms with E-state index in [1.165, 1.54) is 12.1 Å². The molecule has 0 aliphatic carbocycles. The van der Waals surface area contributed by atoms with E-state index in [0.29, 0.717) is 24.8 Å². The van der Waals surface area contributed by atoms with Gasteiger partial charge in [-0.2, -0.15) is 0 Å². The van der Waals surface area contributed by atoms with Crippen molar-refractivity contribution in [3.8, 4) is 0 Å². The smallest absolute Gasteiger partial charge is 0.143 e. The van der Waals surface area contributed by atoms with Gasteiger partial charge < -0.3 is 15.2 Å². The van der Waals surface area contributed by atoms with Gasteiger partial charge in [-0.1, -0.05) is 25.4 Å². The summed E-state index contributed by atoms with van der Waals surface area (Å²) in [6.07, 6.45) is -0.623. The van der Waals surface area contributed by atoms with Crippen molar-refractivity contribution in [2.45, 2.75) is 20.0 Å². The molecule has 1 unspecified atom stereocenters. The maximum atomic E-state index is 13.1. The van der Waals surface area contributed by atoms with Crippen molar-refractivity contribution in [2.75, 3.05) is 25.1 Å². The van der Waals surface area contributed by atoms with Crippen LogP contribution in [0.2, 0.25) is 5.02 Å². The average Bonchev–Trinajstić information content (AvgIpc) is 2.30. The van der Waals surface area contributed by atoms with Gasteiger partial charge >= 0.3 is 0 Å². The Balaban J connectivity index is 2.29. The Morgan fingerprint density at radius 2 is 2.11 bits per heavy atom. The molecule has 1 rings (SSSR count). The van der Waals surface area contributed by atoms with Crippen LogP contribution in [0.4, 0.5) is 10.1 Å². The van der Waals surface area contributed by atoms with Crippen molar-refractivity contribution in [3.63, 3.8) is 0 Å². The van der Waals surface area contributed by atoms with Gasteiger partial charge in [0.15, 0.2) is 0 Å². The third-order valence-electron chi connectivity index (χ3n) is 2.22. The number of benzene rings is 1. The lowest BCUT2D eigenvalue weighted by atomic mass is 10.2. The molecule has 0 saturated heterocycles. The summed E-state index contributed by atoms with van der Waals surface area (Å²) in [5, 5.41) is 12.6. The lowest BCUT2D eigenvalue weighted by Crippen LogP contribution is -2.25. The number of anilines is 1. The van der Waals surface area contributed by atoms with E-state index in [1.807, 2.05) is 13.8 Å². The van der Waals surface area contributed by atoms with Gasteiger partial charge in [-0.15, -0.1) is 0 Å². The highest BCUT2D eigenvalue weighted by atomic mass is 35.5. The van der Waals surface area contributed by atoms with Gasteiger partial charge in [-0.3, -0.25) is 0 Å². The molecule has 1 aromatic carbocycles. The van der Waals surface area contributed by atoms with Crippen LogP contribution in [-0.2, 0) is 4.74 Å². The fraction of sp³-hybridized carbons (Fsp3) is 0.538. The lowest BCUT2D eigenvalue weighted by Gasteiger charge is -2.14. The molecule has 18 heavy (non-hydrogen) atoms. The molecule has 0 bridgehead atoms. The number of hydrogen-bond acceptors (Lipinski definition) is 3. The number of aliphatic hydroxyl groups excluding tert-OH is 1. The summed E-state index contributed by atoms with van der Waals surface area (Å²) in [6.45, 7) is 5.27. The Hall–Kier alpha value is -0.840. The first-order chi connectivity index (χ1) is 8.49. The summed E-state index contributed by atoms with van der Waals surface area (Å²) in [4.78, 5) is 0. The highest BCUT2D eigenvalue weighted by Crippen LogP contribution is 2.18. The van der Waals surface area contributed by atoms with Crippen molar-refractivity contribution in [3.05, 3.63) is 29.0 Å². The van der Waals surface area contributed by atoms with Crippen molar-refractivity contribution >= 4 is 17.3 Å². The first-order valence-corrected chi connectivity index (χ1v) is 6.31. The van der Waals surface area contributed by atoms with Gasteiger partial charge in [0.05, 0.1) is 17.7 Å². The second kappa shape index (κ2) is 7.56. The maximum absolute atomic E-state index is 13.1. The Bertz CT molecular complexity index is 374. The number of ether oxygens (including phenoxy) is 1. The first-order valence-electron chi connectivity index (χ1n) is 5.93. The van der Waals surface area contributed by atoms with Crippen LogP contribution in [0.5, 0.6) is 0 Å². The molecule has 3 nitrogen and oxygen atoms in total. The Morgan fingerprint density at radius 1 is 1.39 bits per heavy atom. The molecule has 0 saturated carbocycles. The third kappa shape index (κ3) is 5.67. The largest absolute Gasteiger partial charge is 0.389 e. The highest BCUT2D eigenvalue weighted by molar-refractivity contribution is 6.30. The van der Waals surface area contributed by atoms with Gasteiger partial charge in [-0.05, 0) is 24.1 Å².